The van der Waals surface area contributed by atoms with E-state index in [9.17, 15) is 48.3 Å². The molecule has 6 N–H and O–H groups in total. The molecule has 2 amide bonds. The molecule has 0 aliphatic carbocycles. The van der Waals surface area contributed by atoms with Gasteiger partial charge in [0.2, 0.25) is 0 Å². The molecule has 368 valence electrons. The molecule has 4 rings (SSSR count). The number of aliphatic hydroxyl groups excluding tert-OH is 3. The van der Waals surface area contributed by atoms with Gasteiger partial charge in [0.05, 0.1) is 53.1 Å². The van der Waals surface area contributed by atoms with Crippen LogP contribution in [0, 0.1) is 17.8 Å². The lowest BCUT2D eigenvalue weighted by atomic mass is 9.77. The number of likely N-dealkylation sites (N-methyl/N-ethyl adjacent to an activating group) is 1. The summed E-state index contributed by atoms with van der Waals surface area (Å²) in [6.45, 7) is 16.9. The van der Waals surface area contributed by atoms with Gasteiger partial charge in [-0.1, -0.05) is 20.8 Å². The second kappa shape index (κ2) is 21.1. The highest BCUT2D eigenvalue weighted by molar-refractivity contribution is 5.91. The number of alkyl halides is 3. The number of esters is 1. The van der Waals surface area contributed by atoms with Gasteiger partial charge in [0.15, 0.2) is 12.6 Å². The fourth-order valence-corrected chi connectivity index (χ4v) is 9.60. The average Bonchev–Trinajstić information content (AvgIpc) is 3.23. The normalized spacial score (nSPS) is 42.2. The van der Waals surface area contributed by atoms with Crippen molar-refractivity contribution in [1.82, 2.24) is 10.2 Å². The Morgan fingerprint density at radius 1 is 0.938 bits per heavy atom. The first-order valence-corrected chi connectivity index (χ1v) is 22.3. The first-order valence-electron chi connectivity index (χ1n) is 22.3. The number of nitrogens with zero attached hydrogens (tertiary/aromatic N) is 2. The minimum Gasteiger partial charge on any atom is -0.459 e. The van der Waals surface area contributed by atoms with Crippen LogP contribution in [0.3, 0.4) is 0 Å². The first kappa shape index (κ1) is 53.9. The lowest BCUT2D eigenvalue weighted by Gasteiger charge is -2.49. The number of methoxy groups -OCH3 is 1. The predicted molar refractivity (Wildman–Crippen MR) is 229 cm³/mol. The van der Waals surface area contributed by atoms with E-state index < -0.39 is 126 Å². The lowest BCUT2D eigenvalue weighted by molar-refractivity contribution is -0.317. The van der Waals surface area contributed by atoms with Crippen molar-refractivity contribution < 1.29 is 76.7 Å². The molecule has 1 aromatic rings. The molecule has 3 aliphatic heterocycles. The summed E-state index contributed by atoms with van der Waals surface area (Å²) in [6, 6.07) is 1.85. The van der Waals surface area contributed by atoms with Crippen molar-refractivity contribution >= 4 is 17.7 Å². The fraction of sp³-hybridized carbons (Fsp3) is 0.822. The lowest BCUT2D eigenvalue weighted by Crippen LogP contribution is -2.61. The van der Waals surface area contributed by atoms with Gasteiger partial charge in [0.25, 0.3) is 0 Å². The zero-order valence-electron chi connectivity index (χ0n) is 39.5. The van der Waals surface area contributed by atoms with Crippen molar-refractivity contribution in [1.29, 1.82) is 0 Å². The van der Waals surface area contributed by atoms with E-state index >= 15 is 0 Å². The minimum absolute atomic E-state index is 0.0336. The number of halogens is 3. The van der Waals surface area contributed by atoms with Gasteiger partial charge in [-0.05, 0) is 104 Å². The number of hydrogen-bond acceptors (Lipinski definition) is 14. The van der Waals surface area contributed by atoms with Gasteiger partial charge in [-0.2, -0.15) is 13.2 Å². The topological polar surface area (TPSA) is 209 Å². The quantitative estimate of drug-likeness (QED) is 0.202. The van der Waals surface area contributed by atoms with Crippen LogP contribution in [0.25, 0.3) is 0 Å². The van der Waals surface area contributed by atoms with E-state index in [2.05, 4.69) is 5.32 Å². The van der Waals surface area contributed by atoms with Gasteiger partial charge in [-0.25, -0.2) is 4.79 Å². The largest absolute Gasteiger partial charge is 0.459 e. The van der Waals surface area contributed by atoms with Crippen molar-refractivity contribution in [2.24, 2.45) is 17.8 Å². The predicted octanol–water partition coefficient (Wildman–Crippen LogP) is 4.20. The molecule has 19 heteroatoms. The second-order valence-corrected chi connectivity index (χ2v) is 19.2. The summed E-state index contributed by atoms with van der Waals surface area (Å²) in [5.41, 5.74) is -5.45. The van der Waals surface area contributed by atoms with Crippen molar-refractivity contribution in [3.8, 4) is 0 Å². The number of carbonyl (C=O) groups excluding carboxylic acids is 2. The molecule has 0 saturated carbocycles. The monoisotopic (exact) mass is 922 g/mol. The summed E-state index contributed by atoms with van der Waals surface area (Å²) in [5.74, 6) is -3.18. The maximum Gasteiger partial charge on any atom is 0.416 e. The number of urea groups is 1. The Morgan fingerprint density at radius 2 is 1.55 bits per heavy atom. The Balaban J connectivity index is 1.76. The number of amides is 2. The van der Waals surface area contributed by atoms with Crippen LogP contribution in [-0.2, 0) is 39.4 Å². The number of carbonyl (C=O) groups is 2. The van der Waals surface area contributed by atoms with Gasteiger partial charge in [0.1, 0.15) is 30.0 Å². The molecule has 3 fully saturated rings. The summed E-state index contributed by atoms with van der Waals surface area (Å²) in [5, 5.41) is 62.0. The molecular formula is C45H74F3N3O13. The molecule has 0 radical (unpaired) electrons. The molecule has 1 unspecified atom stereocenters. The average molecular weight is 922 g/mol. The van der Waals surface area contributed by atoms with Crippen molar-refractivity contribution in [2.45, 2.75) is 191 Å². The van der Waals surface area contributed by atoms with Crippen molar-refractivity contribution in [3.05, 3.63) is 29.8 Å². The SMILES string of the molecule is CC[C@H]1OC(=O)C(C)[C@@H](O[C@H]2C[C@@](C)(OC)[C@@H](O)[C@H](C)O2)[C@H](C)[C@@H](O[C@@H]2O[C@H](C)C[C@H](N(C)C(=O)N(C)c3ccc(C(F)(F)F)cc3)[C@H]2O)[C@](C)(O)C[C@@H](C)CN[C@H](C)[C@@H](O)[C@]1(C)O. The number of rotatable bonds is 8. The highest BCUT2D eigenvalue weighted by Crippen LogP contribution is 2.40. The summed E-state index contributed by atoms with van der Waals surface area (Å²) >= 11 is 0. The van der Waals surface area contributed by atoms with E-state index in [-0.39, 0.29) is 43.8 Å². The molecule has 18 atom stereocenters. The van der Waals surface area contributed by atoms with Gasteiger partial charge < -0.3 is 64.2 Å². The Bertz CT molecular complexity index is 1690. The van der Waals surface area contributed by atoms with Gasteiger partial charge in [-0.15, -0.1) is 0 Å². The van der Waals surface area contributed by atoms with E-state index in [1.807, 2.05) is 6.92 Å². The number of hydrogen-bond donors (Lipinski definition) is 6. The molecule has 3 heterocycles. The fourth-order valence-electron chi connectivity index (χ4n) is 9.60. The zero-order chi connectivity index (χ0) is 48.4. The molecule has 64 heavy (non-hydrogen) atoms. The van der Waals surface area contributed by atoms with Crippen LogP contribution >= 0.6 is 0 Å². The third-order valence-electron chi connectivity index (χ3n) is 13.7. The van der Waals surface area contributed by atoms with Gasteiger partial charge in [-0.3, -0.25) is 9.69 Å². The Labute approximate surface area is 375 Å². The first-order chi connectivity index (χ1) is 29.5. The Kier molecular flexibility index (Phi) is 17.8. The van der Waals surface area contributed by atoms with E-state index in [0.29, 0.717) is 0 Å². The molecule has 0 spiro atoms. The smallest absolute Gasteiger partial charge is 0.416 e. The third kappa shape index (κ3) is 12.1. The molecular weight excluding hydrogens is 847 g/mol. The van der Waals surface area contributed by atoms with Gasteiger partial charge in [0, 0.05) is 45.3 Å². The molecule has 16 nitrogen and oxygen atoms in total. The highest BCUT2D eigenvalue weighted by atomic mass is 19.4. The number of nitrogens with one attached hydrogen (secondary N) is 1. The molecule has 0 bridgehead atoms. The summed E-state index contributed by atoms with van der Waals surface area (Å²) in [6.07, 6.45) is -15.6. The highest BCUT2D eigenvalue weighted by Gasteiger charge is 2.53. The third-order valence-corrected chi connectivity index (χ3v) is 13.7. The van der Waals surface area contributed by atoms with Crippen LogP contribution in [-0.4, -0.2) is 160 Å². The molecule has 0 aromatic heterocycles. The van der Waals surface area contributed by atoms with E-state index in [1.54, 1.807) is 55.4 Å². The van der Waals surface area contributed by atoms with Crippen LogP contribution in [0.4, 0.5) is 23.7 Å². The summed E-state index contributed by atoms with van der Waals surface area (Å²) in [4.78, 5) is 30.6. The van der Waals surface area contributed by atoms with Crippen LogP contribution in [0.1, 0.15) is 100 Å². The van der Waals surface area contributed by atoms with E-state index in [0.717, 1.165) is 17.0 Å². The molecule has 1 aromatic carbocycles. The Hall–Kier alpha value is -2.69. The second-order valence-electron chi connectivity index (χ2n) is 19.2. The number of anilines is 1. The maximum absolute atomic E-state index is 14.3. The summed E-state index contributed by atoms with van der Waals surface area (Å²) < 4.78 is 77.3. The number of benzene rings is 1. The maximum atomic E-state index is 14.3. The Morgan fingerprint density at radius 3 is 2.11 bits per heavy atom. The number of aliphatic hydroxyl groups is 5. The van der Waals surface area contributed by atoms with Crippen LogP contribution < -0.4 is 10.2 Å². The van der Waals surface area contributed by atoms with E-state index in [4.69, 9.17) is 28.4 Å². The standard InChI is InChI=1S/C45H74F3N3O13/c1-14-32-44(10,58)36(53)27(6)49-22-23(2)20-42(8,57)38(25(4)35(26(5)39(55)62-32)63-33-21-43(9,59-13)37(54)28(7)61-33)64-40-34(52)31(19-24(3)60-40)51(12)41(56)50(11)30-17-15-29(16-18-30)45(46,47)48/h15-18,23-28,31-38,40,49,52-54,57-58H,14,19-22H2,1-13H3/t23-,24-,25+,26?,27-,28+,31+,32-,33+,34-,35+,36-,37+,38-,40+,42-,43-,44-/m1/s1. The van der Waals surface area contributed by atoms with Crippen LogP contribution in [0.2, 0.25) is 0 Å². The van der Waals surface area contributed by atoms with Crippen LogP contribution in [0.5, 0.6) is 0 Å². The molecule has 3 aliphatic rings. The minimum atomic E-state index is -4.56. The molecule has 3 saturated heterocycles. The summed E-state index contributed by atoms with van der Waals surface area (Å²) in [7, 11) is 4.31. The van der Waals surface area contributed by atoms with Gasteiger partial charge >= 0.3 is 18.2 Å². The number of ether oxygens (including phenoxy) is 6. The zero-order valence-corrected chi connectivity index (χ0v) is 39.5. The van der Waals surface area contributed by atoms with Crippen molar-refractivity contribution in [3.63, 3.8) is 0 Å². The number of cyclic esters (lactones) is 1. The van der Waals surface area contributed by atoms with Crippen LogP contribution in [0.15, 0.2) is 24.3 Å². The van der Waals surface area contributed by atoms with E-state index in [1.165, 1.54) is 45.2 Å². The van der Waals surface area contributed by atoms with Crippen molar-refractivity contribution in [2.75, 3.05) is 32.6 Å².